The monoisotopic (exact) mass is 129 g/mol. The van der Waals surface area contributed by atoms with E-state index in [1.165, 1.54) is 0 Å². The van der Waals surface area contributed by atoms with Crippen LogP contribution in [0.5, 0.6) is 0 Å². The molecule has 0 aliphatic heterocycles. The van der Waals surface area contributed by atoms with Gasteiger partial charge in [0.1, 0.15) is 6.10 Å². The molecular formula is C5H7NO3. The molecule has 4 nitrogen and oxygen atoms in total. The molecule has 0 rings (SSSR count). The number of hydrogen-bond acceptors (Lipinski definition) is 2. The highest BCUT2D eigenvalue weighted by atomic mass is 16.4. The third-order valence-corrected chi connectivity index (χ3v) is 0.712. The molecule has 1 atom stereocenters. The van der Waals surface area contributed by atoms with Crippen LogP contribution < -0.4 is 0 Å². The molecule has 50 valence electrons. The maximum absolute atomic E-state index is 9.82. The normalized spacial score (nSPS) is 12.0. The Hall–Kier alpha value is -1.08. The van der Waals surface area contributed by atoms with Crippen LogP contribution in [0.1, 0.15) is 6.42 Å². The summed E-state index contributed by atoms with van der Waals surface area (Å²) >= 11 is 0. The van der Waals surface area contributed by atoms with Crippen LogP contribution >= 0.6 is 0 Å². The number of hydrogen-bond donors (Lipinski definition) is 2. The number of nitrogens with zero attached hydrogens (tertiary/aromatic N) is 1. The van der Waals surface area contributed by atoms with Gasteiger partial charge in [0.05, 0.1) is 6.42 Å². The molecule has 0 saturated heterocycles. The number of carbonyl (C=O) groups is 1. The van der Waals surface area contributed by atoms with E-state index >= 15 is 0 Å². The Labute approximate surface area is 52.6 Å². The predicted octanol–water partition coefficient (Wildman–Crippen LogP) is -0.259. The molecule has 9 heavy (non-hydrogen) atoms. The van der Waals surface area contributed by atoms with Gasteiger partial charge in [-0.3, -0.25) is 4.79 Å². The summed E-state index contributed by atoms with van der Waals surface area (Å²) < 4.78 is 0. The van der Waals surface area contributed by atoms with Crippen LogP contribution in [-0.4, -0.2) is 28.8 Å². The van der Waals surface area contributed by atoms with Crippen molar-refractivity contribution in [3.05, 3.63) is 11.4 Å². The molecule has 0 fully saturated rings. The molecule has 0 aromatic heterocycles. The van der Waals surface area contributed by atoms with Crippen LogP contribution in [0.2, 0.25) is 0 Å². The van der Waals surface area contributed by atoms with Gasteiger partial charge < -0.3 is 15.1 Å². The molecule has 0 amide bonds. The van der Waals surface area contributed by atoms with E-state index in [2.05, 4.69) is 4.85 Å². The van der Waals surface area contributed by atoms with Crippen molar-refractivity contribution in [2.75, 3.05) is 6.54 Å². The average molecular weight is 129 g/mol. The van der Waals surface area contributed by atoms with E-state index in [1.54, 1.807) is 0 Å². The first-order chi connectivity index (χ1) is 4.16. The standard InChI is InChI=1S/C5H7NO3/c1-6-3-4(7)2-5(8)9/h4,7H,2-3H2,(H,8,9)/t4-/m1/s1. The van der Waals surface area contributed by atoms with Gasteiger partial charge >= 0.3 is 5.97 Å². The topological polar surface area (TPSA) is 61.9 Å². The third-order valence-electron chi connectivity index (χ3n) is 0.712. The molecule has 0 aromatic carbocycles. The number of rotatable bonds is 3. The minimum Gasteiger partial charge on any atom is -0.481 e. The van der Waals surface area contributed by atoms with E-state index in [-0.39, 0.29) is 13.0 Å². The second-order valence-electron chi connectivity index (χ2n) is 1.59. The molecule has 2 N–H and O–H groups in total. The predicted molar refractivity (Wildman–Crippen MR) is 29.7 cm³/mol. The van der Waals surface area contributed by atoms with Crippen LogP contribution in [0, 0.1) is 6.57 Å². The third kappa shape index (κ3) is 4.78. The SMILES string of the molecule is [C-]#[N+]C[C@H](O)CC(=O)O. The maximum atomic E-state index is 9.82. The minimum atomic E-state index is -1.08. The lowest BCUT2D eigenvalue weighted by Gasteiger charge is -1.96. The number of carboxylic acids is 1. The fourth-order valence-electron chi connectivity index (χ4n) is 0.371. The zero-order valence-electron chi connectivity index (χ0n) is 4.74. The van der Waals surface area contributed by atoms with Crippen molar-refractivity contribution < 1.29 is 15.0 Å². The van der Waals surface area contributed by atoms with Gasteiger partial charge in [0.15, 0.2) is 0 Å². The van der Waals surface area contributed by atoms with E-state index in [4.69, 9.17) is 16.8 Å². The van der Waals surface area contributed by atoms with Crippen LogP contribution in [0.15, 0.2) is 0 Å². The fourth-order valence-corrected chi connectivity index (χ4v) is 0.371. The van der Waals surface area contributed by atoms with Crippen LogP contribution in [0.25, 0.3) is 4.85 Å². The van der Waals surface area contributed by atoms with Crippen molar-refractivity contribution in [1.29, 1.82) is 0 Å². The number of carboxylic acid groups (broad SMARTS) is 1. The molecule has 0 aromatic rings. The summed E-state index contributed by atoms with van der Waals surface area (Å²) in [6.45, 7) is 6.12. The highest BCUT2D eigenvalue weighted by molar-refractivity contribution is 5.67. The maximum Gasteiger partial charge on any atom is 0.306 e. The molecule has 4 heteroatoms. The van der Waals surface area contributed by atoms with Gasteiger partial charge in [0, 0.05) is 0 Å². The Bertz CT molecular complexity index is 138. The first kappa shape index (κ1) is 7.92. The van der Waals surface area contributed by atoms with Crippen LogP contribution in [0.3, 0.4) is 0 Å². The Balaban J connectivity index is 3.40. The Morgan fingerprint density at radius 3 is 2.67 bits per heavy atom. The molecule has 0 aliphatic carbocycles. The molecule has 0 unspecified atom stereocenters. The second kappa shape index (κ2) is 3.87. The van der Waals surface area contributed by atoms with Crippen LogP contribution in [-0.2, 0) is 4.79 Å². The smallest absolute Gasteiger partial charge is 0.306 e. The summed E-state index contributed by atoms with van der Waals surface area (Å²) in [6, 6.07) is 0. The van der Waals surface area contributed by atoms with Gasteiger partial charge in [-0.05, 0) is 0 Å². The van der Waals surface area contributed by atoms with Crippen molar-refractivity contribution >= 4 is 5.97 Å². The highest BCUT2D eigenvalue weighted by Gasteiger charge is 2.10. The van der Waals surface area contributed by atoms with Crippen molar-refractivity contribution in [2.45, 2.75) is 12.5 Å². The van der Waals surface area contributed by atoms with E-state index in [9.17, 15) is 4.79 Å². The Morgan fingerprint density at radius 2 is 2.33 bits per heavy atom. The van der Waals surface area contributed by atoms with E-state index < -0.39 is 12.1 Å². The summed E-state index contributed by atoms with van der Waals surface area (Å²) in [5.41, 5.74) is 0. The summed E-state index contributed by atoms with van der Waals surface area (Å²) in [4.78, 5) is 12.6. The molecule has 0 heterocycles. The quantitative estimate of drug-likeness (QED) is 0.516. The van der Waals surface area contributed by atoms with Gasteiger partial charge in [-0.2, -0.15) is 0 Å². The van der Waals surface area contributed by atoms with Gasteiger partial charge in [0.2, 0.25) is 6.54 Å². The number of aliphatic carboxylic acids is 1. The molecule has 0 saturated carbocycles. The molecule has 0 aliphatic rings. The minimum absolute atomic E-state index is 0.133. The highest BCUT2D eigenvalue weighted by Crippen LogP contribution is 1.90. The van der Waals surface area contributed by atoms with E-state index in [1.807, 2.05) is 0 Å². The first-order valence-corrected chi connectivity index (χ1v) is 2.40. The lowest BCUT2D eigenvalue weighted by molar-refractivity contribution is -0.138. The molecule has 0 spiro atoms. The Morgan fingerprint density at radius 1 is 1.78 bits per heavy atom. The number of aliphatic hydroxyl groups excluding tert-OH is 1. The van der Waals surface area contributed by atoms with Gasteiger partial charge in [-0.1, -0.05) is 0 Å². The van der Waals surface area contributed by atoms with Gasteiger partial charge in [-0.15, -0.1) is 0 Å². The lowest BCUT2D eigenvalue weighted by atomic mass is 10.3. The van der Waals surface area contributed by atoms with Crippen molar-refractivity contribution in [3.63, 3.8) is 0 Å². The largest absolute Gasteiger partial charge is 0.481 e. The molecule has 0 radical (unpaired) electrons. The van der Waals surface area contributed by atoms with Crippen molar-refractivity contribution in [2.24, 2.45) is 0 Å². The second-order valence-corrected chi connectivity index (χ2v) is 1.59. The van der Waals surface area contributed by atoms with E-state index in [0.29, 0.717) is 0 Å². The van der Waals surface area contributed by atoms with Gasteiger partial charge in [0.25, 0.3) is 0 Å². The summed E-state index contributed by atoms with van der Waals surface area (Å²) in [5, 5.41) is 16.7. The zero-order chi connectivity index (χ0) is 7.28. The van der Waals surface area contributed by atoms with Crippen molar-refractivity contribution in [3.8, 4) is 0 Å². The molecular weight excluding hydrogens is 122 g/mol. The first-order valence-electron chi connectivity index (χ1n) is 2.40. The molecule has 0 bridgehead atoms. The van der Waals surface area contributed by atoms with Gasteiger partial charge in [-0.25, -0.2) is 6.57 Å². The summed E-state index contributed by atoms with van der Waals surface area (Å²) in [6.07, 6.45) is -1.36. The van der Waals surface area contributed by atoms with Crippen LogP contribution in [0.4, 0.5) is 0 Å². The summed E-state index contributed by atoms with van der Waals surface area (Å²) in [5.74, 6) is -1.08. The zero-order valence-corrected chi connectivity index (χ0v) is 4.74. The van der Waals surface area contributed by atoms with Crippen molar-refractivity contribution in [1.82, 2.24) is 0 Å². The Kier molecular flexibility index (Phi) is 3.40. The fraction of sp³-hybridized carbons (Fsp3) is 0.600. The summed E-state index contributed by atoms with van der Waals surface area (Å²) in [7, 11) is 0. The lowest BCUT2D eigenvalue weighted by Crippen LogP contribution is -2.14. The number of aliphatic hydroxyl groups is 1. The average Bonchev–Trinajstić information content (AvgIpc) is 1.63. The van der Waals surface area contributed by atoms with E-state index in [0.717, 1.165) is 0 Å².